The van der Waals surface area contributed by atoms with Gasteiger partial charge < -0.3 is 5.32 Å². The average molecular weight is 345 g/mol. The number of hydrogen-bond acceptors (Lipinski definition) is 3. The molecule has 3 aliphatic carbocycles. The number of fused-ring (bicyclic) bond motifs is 4. The second-order valence-electron chi connectivity index (χ2n) is 7.70. The fraction of sp³-hybridized carbons (Fsp3) is 0.318. The predicted molar refractivity (Wildman–Crippen MR) is 97.3 cm³/mol. The van der Waals surface area contributed by atoms with Crippen molar-refractivity contribution in [2.45, 2.75) is 25.7 Å². The van der Waals surface area contributed by atoms with Crippen LogP contribution in [0.5, 0.6) is 0 Å². The Labute approximate surface area is 151 Å². The van der Waals surface area contributed by atoms with Crippen LogP contribution in [0.3, 0.4) is 0 Å². The van der Waals surface area contributed by atoms with Gasteiger partial charge in [0, 0.05) is 22.6 Å². The molecular formula is C22H19NO3. The molecule has 4 heteroatoms. The Hall–Kier alpha value is -2.75. The van der Waals surface area contributed by atoms with Crippen molar-refractivity contribution in [1.29, 1.82) is 0 Å². The van der Waals surface area contributed by atoms with Crippen molar-refractivity contribution in [1.82, 2.24) is 0 Å². The number of carbonyl (C=O) groups excluding carboxylic acids is 3. The largest absolute Gasteiger partial charge is 0.325 e. The highest BCUT2D eigenvalue weighted by atomic mass is 16.2. The molecule has 0 spiro atoms. The van der Waals surface area contributed by atoms with E-state index < -0.39 is 0 Å². The highest BCUT2D eigenvalue weighted by molar-refractivity contribution is 6.30. The zero-order valence-corrected chi connectivity index (χ0v) is 14.3. The first-order valence-electron chi connectivity index (χ1n) is 9.26. The lowest BCUT2D eigenvalue weighted by molar-refractivity contribution is -0.121. The summed E-state index contributed by atoms with van der Waals surface area (Å²) in [6, 6.07) is 12.0. The van der Waals surface area contributed by atoms with Gasteiger partial charge in [-0.15, -0.1) is 0 Å². The molecular weight excluding hydrogens is 326 g/mol. The van der Waals surface area contributed by atoms with Crippen molar-refractivity contribution in [3.05, 3.63) is 64.7 Å². The van der Waals surface area contributed by atoms with Crippen molar-refractivity contribution in [2.75, 3.05) is 5.32 Å². The maximum absolute atomic E-state index is 13.0. The average Bonchev–Trinajstić information content (AvgIpc) is 3.29. The monoisotopic (exact) mass is 345 g/mol. The summed E-state index contributed by atoms with van der Waals surface area (Å²) in [4.78, 5) is 38.6. The number of ketones is 2. The van der Waals surface area contributed by atoms with Crippen molar-refractivity contribution >= 4 is 23.2 Å². The van der Waals surface area contributed by atoms with E-state index in [4.69, 9.17) is 0 Å². The van der Waals surface area contributed by atoms with E-state index in [1.54, 1.807) is 42.5 Å². The van der Waals surface area contributed by atoms with Gasteiger partial charge in [-0.2, -0.15) is 0 Å². The van der Waals surface area contributed by atoms with E-state index in [0.717, 1.165) is 19.3 Å². The maximum atomic E-state index is 13.0. The standard InChI is InChI=1S/C22H19NO3/c24-20-14-4-1-2-5-15(14)21(25)19-16(20)6-3-7-18(19)23-22(26)17-11-12-8-9-13(17)10-12/h1-7,12-13,17H,8-11H2,(H,23,26)/t12-,13-,17+/m1/s1. The van der Waals surface area contributed by atoms with Gasteiger partial charge in [0.15, 0.2) is 11.6 Å². The van der Waals surface area contributed by atoms with Crippen LogP contribution in [-0.2, 0) is 4.79 Å². The van der Waals surface area contributed by atoms with E-state index in [-0.39, 0.29) is 23.4 Å². The SMILES string of the molecule is O=C1c2ccccc2C(=O)c2c(NC(=O)[C@H]3C[C@@H]4CC[C@@H]3C4)cccc21. The molecule has 0 unspecified atom stereocenters. The summed E-state index contributed by atoms with van der Waals surface area (Å²) in [5.41, 5.74) is 2.00. The molecule has 0 aromatic heterocycles. The zero-order chi connectivity index (χ0) is 17.8. The third-order valence-corrected chi connectivity index (χ3v) is 6.29. The van der Waals surface area contributed by atoms with Crippen LogP contribution in [0.25, 0.3) is 0 Å². The summed E-state index contributed by atoms with van der Waals surface area (Å²) in [6.45, 7) is 0. The van der Waals surface area contributed by atoms with E-state index in [9.17, 15) is 14.4 Å². The molecule has 0 aliphatic heterocycles. The van der Waals surface area contributed by atoms with Crippen LogP contribution in [0.1, 0.15) is 57.5 Å². The predicted octanol–water partition coefficient (Wildman–Crippen LogP) is 3.84. The minimum Gasteiger partial charge on any atom is -0.325 e. The minimum atomic E-state index is -0.195. The highest BCUT2D eigenvalue weighted by Gasteiger charge is 2.43. The molecule has 0 heterocycles. The fourth-order valence-electron chi connectivity index (χ4n) is 5.04. The lowest BCUT2D eigenvalue weighted by atomic mass is 9.83. The van der Waals surface area contributed by atoms with E-state index in [0.29, 0.717) is 39.8 Å². The van der Waals surface area contributed by atoms with E-state index in [2.05, 4.69) is 5.32 Å². The molecule has 2 fully saturated rings. The Kier molecular flexibility index (Phi) is 3.36. The second-order valence-corrected chi connectivity index (χ2v) is 7.70. The molecule has 2 aromatic carbocycles. The number of hydrogen-bond donors (Lipinski definition) is 1. The van der Waals surface area contributed by atoms with E-state index in [1.165, 1.54) is 6.42 Å². The van der Waals surface area contributed by atoms with Crippen molar-refractivity contribution in [3.8, 4) is 0 Å². The molecule has 130 valence electrons. The van der Waals surface area contributed by atoms with Gasteiger partial charge in [-0.1, -0.05) is 42.8 Å². The van der Waals surface area contributed by atoms with Crippen molar-refractivity contribution < 1.29 is 14.4 Å². The van der Waals surface area contributed by atoms with Crippen molar-refractivity contribution in [2.24, 2.45) is 17.8 Å². The lowest BCUT2D eigenvalue weighted by Gasteiger charge is -2.23. The van der Waals surface area contributed by atoms with Crippen LogP contribution < -0.4 is 5.32 Å². The molecule has 0 saturated heterocycles. The summed E-state index contributed by atoms with van der Waals surface area (Å²) >= 11 is 0. The van der Waals surface area contributed by atoms with Gasteiger partial charge in [0.05, 0.1) is 11.3 Å². The van der Waals surface area contributed by atoms with Gasteiger partial charge in [0.1, 0.15) is 0 Å². The van der Waals surface area contributed by atoms with Gasteiger partial charge in [-0.25, -0.2) is 0 Å². The van der Waals surface area contributed by atoms with Gasteiger partial charge >= 0.3 is 0 Å². The highest BCUT2D eigenvalue weighted by Crippen LogP contribution is 2.48. The molecule has 1 amide bonds. The number of amides is 1. The molecule has 26 heavy (non-hydrogen) atoms. The summed E-state index contributed by atoms with van der Waals surface area (Å²) in [5.74, 6) is 0.814. The van der Waals surface area contributed by atoms with Crippen LogP contribution in [-0.4, -0.2) is 17.5 Å². The number of nitrogens with one attached hydrogen (secondary N) is 1. The van der Waals surface area contributed by atoms with E-state index >= 15 is 0 Å². The molecule has 2 aromatic rings. The number of carbonyl (C=O) groups is 3. The normalized spacial score (nSPS) is 25.8. The summed E-state index contributed by atoms with van der Waals surface area (Å²) in [5, 5.41) is 2.97. The molecule has 3 atom stereocenters. The number of rotatable bonds is 2. The molecule has 4 nitrogen and oxygen atoms in total. The smallest absolute Gasteiger partial charge is 0.227 e. The first kappa shape index (κ1) is 15.5. The zero-order valence-electron chi connectivity index (χ0n) is 14.3. The molecule has 3 aliphatic rings. The number of anilines is 1. The number of benzene rings is 2. The van der Waals surface area contributed by atoms with Crippen LogP contribution in [0.15, 0.2) is 42.5 Å². The topological polar surface area (TPSA) is 63.2 Å². The lowest BCUT2D eigenvalue weighted by Crippen LogP contribution is -2.29. The van der Waals surface area contributed by atoms with Crippen molar-refractivity contribution in [3.63, 3.8) is 0 Å². The quantitative estimate of drug-likeness (QED) is 0.767. The maximum Gasteiger partial charge on any atom is 0.227 e. The van der Waals surface area contributed by atoms with Gasteiger partial charge in [-0.05, 0) is 37.2 Å². The van der Waals surface area contributed by atoms with E-state index in [1.807, 2.05) is 0 Å². The fourth-order valence-corrected chi connectivity index (χ4v) is 5.04. The van der Waals surface area contributed by atoms with Crippen LogP contribution in [0.2, 0.25) is 0 Å². The molecule has 2 bridgehead atoms. The Morgan fingerprint density at radius 1 is 0.846 bits per heavy atom. The minimum absolute atomic E-state index is 0.00953. The van der Waals surface area contributed by atoms with Gasteiger partial charge in [0.2, 0.25) is 5.91 Å². The Balaban J connectivity index is 1.51. The molecule has 0 radical (unpaired) electrons. The Morgan fingerprint density at radius 2 is 1.58 bits per heavy atom. The summed E-state index contributed by atoms with van der Waals surface area (Å²) in [6.07, 6.45) is 4.45. The molecule has 5 rings (SSSR count). The Bertz CT molecular complexity index is 962. The van der Waals surface area contributed by atoms with Crippen LogP contribution in [0.4, 0.5) is 5.69 Å². The van der Waals surface area contributed by atoms with Gasteiger partial charge in [-0.3, -0.25) is 14.4 Å². The third-order valence-electron chi connectivity index (χ3n) is 6.29. The molecule has 2 saturated carbocycles. The summed E-state index contributed by atoms with van der Waals surface area (Å²) < 4.78 is 0. The first-order chi connectivity index (χ1) is 12.6. The Morgan fingerprint density at radius 3 is 2.27 bits per heavy atom. The van der Waals surface area contributed by atoms with Crippen LogP contribution >= 0.6 is 0 Å². The van der Waals surface area contributed by atoms with Gasteiger partial charge in [0.25, 0.3) is 0 Å². The second kappa shape index (κ2) is 5.63. The first-order valence-corrected chi connectivity index (χ1v) is 9.26. The summed E-state index contributed by atoms with van der Waals surface area (Å²) in [7, 11) is 0. The third kappa shape index (κ3) is 2.18. The molecule has 1 N–H and O–H groups in total. The van der Waals surface area contributed by atoms with Crippen LogP contribution in [0, 0.1) is 17.8 Å².